The van der Waals surface area contributed by atoms with Crippen molar-refractivity contribution >= 4 is 60.3 Å². The summed E-state index contributed by atoms with van der Waals surface area (Å²) >= 11 is 9.45. The lowest BCUT2D eigenvalue weighted by molar-refractivity contribution is 1.44. The minimum atomic E-state index is 0. The molecule has 4 aromatic rings. The van der Waals surface area contributed by atoms with Gasteiger partial charge in [-0.3, -0.25) is 0 Å². The summed E-state index contributed by atoms with van der Waals surface area (Å²) in [7, 11) is 0. The van der Waals surface area contributed by atoms with Gasteiger partial charge in [-0.2, -0.15) is 13.5 Å². The highest BCUT2D eigenvalue weighted by Crippen LogP contribution is 2.41. The van der Waals surface area contributed by atoms with Crippen LogP contribution in [0.4, 0.5) is 0 Å². The molecule has 4 rings (SSSR count). The van der Waals surface area contributed by atoms with E-state index in [0.717, 1.165) is 20.9 Å². The van der Waals surface area contributed by atoms with Crippen LogP contribution in [-0.4, -0.2) is 0 Å². The Kier molecular flexibility index (Phi) is 4.62. The monoisotopic (exact) mass is 352 g/mol. The third-order valence-electron chi connectivity index (χ3n) is 4.06. The standard InChI is InChI=1S/C20H14S2.H2S/c21-17-11-9-13-5-1-3-7-15(13)19(17)20-16-8-4-2-6-14(16)10-12-18(20)22;/h1-12,21-22H;1H2. The zero-order valence-electron chi connectivity index (χ0n) is 12.3. The van der Waals surface area contributed by atoms with Gasteiger partial charge in [-0.15, -0.1) is 25.3 Å². The highest BCUT2D eigenvalue weighted by molar-refractivity contribution is 7.80. The molecule has 0 amide bonds. The fraction of sp³-hybridized carbons (Fsp3) is 0. The summed E-state index contributed by atoms with van der Waals surface area (Å²) < 4.78 is 0. The molecule has 0 spiro atoms. The van der Waals surface area contributed by atoms with Crippen LogP contribution in [0.2, 0.25) is 0 Å². The van der Waals surface area contributed by atoms with E-state index >= 15 is 0 Å². The number of hydrogen-bond acceptors (Lipinski definition) is 2. The number of rotatable bonds is 1. The van der Waals surface area contributed by atoms with Gasteiger partial charge < -0.3 is 0 Å². The molecule has 0 saturated carbocycles. The lowest BCUT2D eigenvalue weighted by Gasteiger charge is -2.15. The Labute approximate surface area is 153 Å². The SMILES string of the molecule is S.Sc1ccc2ccccc2c1-c1c(S)ccc2ccccc12. The molecule has 114 valence electrons. The first-order chi connectivity index (χ1) is 10.8. The summed E-state index contributed by atoms with van der Waals surface area (Å²) in [5.74, 6) is 0. The lowest BCUT2D eigenvalue weighted by atomic mass is 9.94. The normalized spacial score (nSPS) is 10.7. The summed E-state index contributed by atoms with van der Waals surface area (Å²) in [5, 5.41) is 4.86. The van der Waals surface area contributed by atoms with Crippen molar-refractivity contribution in [3.05, 3.63) is 72.8 Å². The average Bonchev–Trinajstić information content (AvgIpc) is 2.56. The molecule has 4 aromatic carbocycles. The third kappa shape index (κ3) is 2.74. The van der Waals surface area contributed by atoms with E-state index in [4.69, 9.17) is 25.3 Å². The van der Waals surface area contributed by atoms with Gasteiger partial charge in [0.2, 0.25) is 0 Å². The third-order valence-corrected chi connectivity index (χ3v) is 4.81. The van der Waals surface area contributed by atoms with E-state index in [1.165, 1.54) is 21.5 Å². The second-order valence-electron chi connectivity index (χ2n) is 5.36. The zero-order chi connectivity index (χ0) is 15.1. The molecule has 0 nitrogen and oxygen atoms in total. The molecule has 0 bridgehead atoms. The van der Waals surface area contributed by atoms with Gasteiger partial charge in [0.25, 0.3) is 0 Å². The van der Waals surface area contributed by atoms with Gasteiger partial charge in [-0.25, -0.2) is 0 Å². The zero-order valence-corrected chi connectivity index (χ0v) is 15.1. The van der Waals surface area contributed by atoms with Crippen LogP contribution in [0.1, 0.15) is 0 Å². The molecule has 0 heterocycles. The van der Waals surface area contributed by atoms with E-state index in [1.807, 2.05) is 0 Å². The maximum atomic E-state index is 4.72. The van der Waals surface area contributed by atoms with Crippen LogP contribution < -0.4 is 0 Å². The van der Waals surface area contributed by atoms with E-state index in [1.54, 1.807) is 0 Å². The summed E-state index contributed by atoms with van der Waals surface area (Å²) in [6, 6.07) is 25.2. The molecule has 0 aromatic heterocycles. The van der Waals surface area contributed by atoms with Gasteiger partial charge in [0.15, 0.2) is 0 Å². The molecule has 0 aliphatic carbocycles. The van der Waals surface area contributed by atoms with Gasteiger partial charge in [-0.1, -0.05) is 60.7 Å². The Bertz CT molecular complexity index is 923. The first-order valence-electron chi connectivity index (χ1n) is 7.17. The van der Waals surface area contributed by atoms with Crippen molar-refractivity contribution in [3.8, 4) is 11.1 Å². The lowest BCUT2D eigenvalue weighted by Crippen LogP contribution is -1.88. The average molecular weight is 353 g/mol. The Balaban J connectivity index is 0.00000156. The molecule has 0 radical (unpaired) electrons. The number of thiol groups is 2. The summed E-state index contributed by atoms with van der Waals surface area (Å²) in [6.07, 6.45) is 0. The smallest absolute Gasteiger partial charge is 0.0126 e. The van der Waals surface area contributed by atoms with Crippen LogP contribution in [0.15, 0.2) is 82.6 Å². The van der Waals surface area contributed by atoms with Gasteiger partial charge in [-0.05, 0) is 33.7 Å². The fourth-order valence-corrected chi connectivity index (χ4v) is 3.66. The van der Waals surface area contributed by atoms with Crippen molar-refractivity contribution < 1.29 is 0 Å². The molecule has 0 fully saturated rings. The predicted molar refractivity (Wildman–Crippen MR) is 112 cm³/mol. The second kappa shape index (κ2) is 6.52. The maximum Gasteiger partial charge on any atom is 0.0126 e. The van der Waals surface area contributed by atoms with Gasteiger partial charge in [0, 0.05) is 20.9 Å². The van der Waals surface area contributed by atoms with E-state index in [9.17, 15) is 0 Å². The predicted octanol–water partition coefficient (Wildman–Crippen LogP) is 6.35. The summed E-state index contributed by atoms with van der Waals surface area (Å²) in [6.45, 7) is 0. The van der Waals surface area contributed by atoms with Gasteiger partial charge >= 0.3 is 0 Å². The van der Waals surface area contributed by atoms with Crippen molar-refractivity contribution in [1.82, 2.24) is 0 Å². The molecule has 0 atom stereocenters. The first kappa shape index (κ1) is 16.3. The van der Waals surface area contributed by atoms with Crippen LogP contribution in [-0.2, 0) is 0 Å². The largest absolute Gasteiger partial charge is 0.197 e. The van der Waals surface area contributed by atoms with E-state index in [0.29, 0.717) is 0 Å². The molecule has 3 heteroatoms. The second-order valence-corrected chi connectivity index (χ2v) is 6.33. The maximum absolute atomic E-state index is 4.72. The molecular weight excluding hydrogens is 336 g/mol. The molecule has 0 unspecified atom stereocenters. The van der Waals surface area contributed by atoms with Crippen LogP contribution in [0, 0.1) is 0 Å². The minimum absolute atomic E-state index is 0. The highest BCUT2D eigenvalue weighted by Gasteiger charge is 2.13. The molecule has 0 aliphatic rings. The summed E-state index contributed by atoms with van der Waals surface area (Å²) in [5.41, 5.74) is 2.31. The number of hydrogen-bond donors (Lipinski definition) is 2. The van der Waals surface area contributed by atoms with Crippen LogP contribution >= 0.6 is 38.8 Å². The van der Waals surface area contributed by atoms with Crippen LogP contribution in [0.3, 0.4) is 0 Å². The van der Waals surface area contributed by atoms with Crippen molar-refractivity contribution in [2.24, 2.45) is 0 Å². The summed E-state index contributed by atoms with van der Waals surface area (Å²) in [4.78, 5) is 1.95. The van der Waals surface area contributed by atoms with Crippen LogP contribution in [0.25, 0.3) is 32.7 Å². The number of fused-ring (bicyclic) bond motifs is 2. The quantitative estimate of drug-likeness (QED) is 0.366. The van der Waals surface area contributed by atoms with Crippen molar-refractivity contribution in [3.63, 3.8) is 0 Å². The minimum Gasteiger partial charge on any atom is -0.197 e. The van der Waals surface area contributed by atoms with Gasteiger partial charge in [0.1, 0.15) is 0 Å². The molecule has 23 heavy (non-hydrogen) atoms. The molecule has 0 saturated heterocycles. The highest BCUT2D eigenvalue weighted by atomic mass is 32.1. The first-order valence-corrected chi connectivity index (χ1v) is 8.07. The Morgan fingerprint density at radius 2 is 0.870 bits per heavy atom. The van der Waals surface area contributed by atoms with E-state index in [-0.39, 0.29) is 13.5 Å². The Morgan fingerprint density at radius 3 is 1.30 bits per heavy atom. The van der Waals surface area contributed by atoms with Gasteiger partial charge in [0.05, 0.1) is 0 Å². The molecular formula is C20H16S3. The van der Waals surface area contributed by atoms with Crippen molar-refractivity contribution in [2.45, 2.75) is 9.79 Å². The van der Waals surface area contributed by atoms with Crippen LogP contribution in [0.5, 0.6) is 0 Å². The Morgan fingerprint density at radius 1 is 0.478 bits per heavy atom. The van der Waals surface area contributed by atoms with Crippen molar-refractivity contribution in [2.75, 3.05) is 0 Å². The fourth-order valence-electron chi connectivity index (χ4n) is 3.05. The van der Waals surface area contributed by atoms with E-state index < -0.39 is 0 Å². The van der Waals surface area contributed by atoms with Crippen molar-refractivity contribution in [1.29, 1.82) is 0 Å². The topological polar surface area (TPSA) is 0 Å². The van der Waals surface area contributed by atoms with E-state index in [2.05, 4.69) is 72.8 Å². The Hall–Kier alpha value is -1.55. The number of benzene rings is 4. The molecule has 0 N–H and O–H groups in total. The molecule has 0 aliphatic heterocycles.